The molecule has 1 aliphatic rings. The summed E-state index contributed by atoms with van der Waals surface area (Å²) in [6.07, 6.45) is 1.38. The highest BCUT2D eigenvalue weighted by molar-refractivity contribution is 6.37. The molecule has 1 amide bonds. The highest BCUT2D eigenvalue weighted by Crippen LogP contribution is 2.37. The quantitative estimate of drug-likeness (QED) is 0.719. The number of amides is 1. The molecule has 0 saturated heterocycles. The molecule has 0 spiro atoms. The predicted molar refractivity (Wildman–Crippen MR) is 102 cm³/mol. The molecular formula is C17H15Cl3N4O2. The molecule has 0 fully saturated rings. The molecule has 0 aromatic heterocycles. The van der Waals surface area contributed by atoms with Crippen LogP contribution < -0.4 is 10.9 Å². The third-order valence-electron chi connectivity index (χ3n) is 4.00. The number of carbonyl (C=O) groups is 1. The zero-order valence-corrected chi connectivity index (χ0v) is 15.9. The van der Waals surface area contributed by atoms with Gasteiger partial charge < -0.3 is 15.4 Å². The van der Waals surface area contributed by atoms with Crippen LogP contribution in [0.15, 0.2) is 41.4 Å². The molecule has 9 heteroatoms. The van der Waals surface area contributed by atoms with E-state index in [-0.39, 0.29) is 21.7 Å². The van der Waals surface area contributed by atoms with Gasteiger partial charge in [-0.3, -0.25) is 4.79 Å². The van der Waals surface area contributed by atoms with Gasteiger partial charge in [0.05, 0.1) is 10.0 Å². The van der Waals surface area contributed by atoms with Gasteiger partial charge in [-0.15, -0.1) is 0 Å². The molecule has 136 valence electrons. The van der Waals surface area contributed by atoms with E-state index in [1.165, 1.54) is 23.4 Å². The summed E-state index contributed by atoms with van der Waals surface area (Å²) in [7, 11) is 1.66. The molecule has 3 N–H and O–H groups in total. The van der Waals surface area contributed by atoms with Crippen LogP contribution in [0.2, 0.25) is 15.1 Å². The fraction of sp³-hybridized carbons (Fsp3) is 0.176. The number of hydrazine groups is 1. The largest absolute Gasteiger partial charge is 0.505 e. The van der Waals surface area contributed by atoms with Crippen LogP contribution in [0.3, 0.4) is 0 Å². The molecule has 1 heterocycles. The summed E-state index contributed by atoms with van der Waals surface area (Å²) < 4.78 is 0. The van der Waals surface area contributed by atoms with Crippen molar-refractivity contribution >= 4 is 47.0 Å². The highest BCUT2D eigenvalue weighted by atomic mass is 35.5. The van der Waals surface area contributed by atoms with Crippen molar-refractivity contribution in [2.75, 3.05) is 7.05 Å². The van der Waals surface area contributed by atoms with Crippen molar-refractivity contribution < 1.29 is 9.90 Å². The number of rotatable bonds is 4. The van der Waals surface area contributed by atoms with Crippen LogP contribution in [-0.4, -0.2) is 29.3 Å². The maximum absolute atomic E-state index is 13.2. The van der Waals surface area contributed by atoms with E-state index < -0.39 is 5.66 Å². The summed E-state index contributed by atoms with van der Waals surface area (Å²) in [5, 5.41) is 10.5. The van der Waals surface area contributed by atoms with Crippen molar-refractivity contribution in [3.8, 4) is 5.75 Å². The molecule has 6 nitrogen and oxygen atoms in total. The van der Waals surface area contributed by atoms with E-state index in [0.717, 1.165) is 5.56 Å². The van der Waals surface area contributed by atoms with Gasteiger partial charge in [-0.2, -0.15) is 5.43 Å². The molecule has 1 atom stereocenters. The number of benzene rings is 2. The van der Waals surface area contributed by atoms with E-state index in [2.05, 4.69) is 15.8 Å². The third kappa shape index (κ3) is 3.46. The summed E-state index contributed by atoms with van der Waals surface area (Å²) in [6.45, 7) is 0.356. The molecule has 3 rings (SSSR count). The van der Waals surface area contributed by atoms with Crippen molar-refractivity contribution in [3.63, 3.8) is 0 Å². The fourth-order valence-corrected chi connectivity index (χ4v) is 3.28. The maximum atomic E-state index is 13.2. The number of likely N-dealkylation sites (N-methyl/N-ethyl adjacent to an activating group) is 1. The average Bonchev–Trinajstić information content (AvgIpc) is 3.11. The van der Waals surface area contributed by atoms with Crippen LogP contribution in [0.4, 0.5) is 0 Å². The number of phenols is 1. The van der Waals surface area contributed by atoms with Gasteiger partial charge in [0.1, 0.15) is 6.34 Å². The van der Waals surface area contributed by atoms with Crippen LogP contribution >= 0.6 is 34.8 Å². The smallest absolute Gasteiger partial charge is 0.271 e. The number of phenolic OH excluding ortho intramolecular Hbond substituents is 1. The molecule has 2 aromatic rings. The Labute approximate surface area is 165 Å². The van der Waals surface area contributed by atoms with E-state index >= 15 is 0 Å². The van der Waals surface area contributed by atoms with Crippen LogP contribution in [0, 0.1) is 0 Å². The highest BCUT2D eigenvalue weighted by Gasteiger charge is 2.44. The SMILES string of the molecule is CN(Cc1ccc(Cl)cc1)C(=O)C1(c2cc(Cl)c(O)c(Cl)c2)N=CNN1. The lowest BCUT2D eigenvalue weighted by Gasteiger charge is -2.30. The van der Waals surface area contributed by atoms with E-state index in [1.807, 2.05) is 12.1 Å². The Hall–Kier alpha value is -1.99. The first-order valence-corrected chi connectivity index (χ1v) is 8.72. The van der Waals surface area contributed by atoms with Crippen molar-refractivity contribution in [2.24, 2.45) is 4.99 Å². The van der Waals surface area contributed by atoms with Gasteiger partial charge in [-0.1, -0.05) is 46.9 Å². The summed E-state index contributed by atoms with van der Waals surface area (Å²) in [4.78, 5) is 19.0. The molecular weight excluding hydrogens is 399 g/mol. The first-order chi connectivity index (χ1) is 12.3. The monoisotopic (exact) mass is 412 g/mol. The minimum absolute atomic E-state index is 0.0314. The summed E-state index contributed by atoms with van der Waals surface area (Å²) in [5.41, 5.74) is 5.44. The number of carbonyl (C=O) groups excluding carboxylic acids is 1. The summed E-state index contributed by atoms with van der Waals surface area (Å²) in [6, 6.07) is 10.1. The van der Waals surface area contributed by atoms with Crippen molar-refractivity contribution in [1.82, 2.24) is 15.8 Å². The van der Waals surface area contributed by atoms with Crippen LogP contribution in [-0.2, 0) is 17.0 Å². The van der Waals surface area contributed by atoms with E-state index in [9.17, 15) is 9.90 Å². The Morgan fingerprint density at radius 1 is 1.19 bits per heavy atom. The van der Waals surface area contributed by atoms with Gasteiger partial charge >= 0.3 is 0 Å². The molecule has 0 bridgehead atoms. The Bertz CT molecular complexity index is 850. The summed E-state index contributed by atoms with van der Waals surface area (Å²) >= 11 is 17.9. The lowest BCUT2D eigenvalue weighted by molar-refractivity contribution is -0.137. The van der Waals surface area contributed by atoms with Crippen molar-refractivity contribution in [1.29, 1.82) is 0 Å². The second-order valence-corrected chi connectivity index (χ2v) is 7.06. The molecule has 1 aliphatic heterocycles. The second kappa shape index (κ2) is 7.32. The zero-order valence-electron chi connectivity index (χ0n) is 13.6. The number of aromatic hydroxyl groups is 1. The minimum Gasteiger partial charge on any atom is -0.505 e. The van der Waals surface area contributed by atoms with Gasteiger partial charge in [0.15, 0.2) is 5.75 Å². The van der Waals surface area contributed by atoms with E-state index in [0.29, 0.717) is 17.1 Å². The average molecular weight is 414 g/mol. The first-order valence-electron chi connectivity index (χ1n) is 7.58. The maximum Gasteiger partial charge on any atom is 0.271 e. The predicted octanol–water partition coefficient (Wildman–Crippen LogP) is 3.30. The second-order valence-electron chi connectivity index (χ2n) is 5.81. The minimum atomic E-state index is -1.44. The zero-order chi connectivity index (χ0) is 18.9. The standard InChI is InChI=1S/C17H15Cl3N4O2/c1-24(8-10-2-4-12(18)5-3-10)16(26)17(21-9-22-23-17)11-6-13(19)15(25)14(20)7-11/h2-7,9,23,25H,8H2,1H3,(H,21,22). The Kier molecular flexibility index (Phi) is 5.29. The van der Waals surface area contributed by atoms with Gasteiger partial charge in [-0.05, 0) is 29.8 Å². The van der Waals surface area contributed by atoms with Gasteiger partial charge in [0.2, 0.25) is 5.66 Å². The van der Waals surface area contributed by atoms with E-state index in [1.54, 1.807) is 19.2 Å². The number of hydrogen-bond acceptors (Lipinski definition) is 5. The Morgan fingerprint density at radius 2 is 1.81 bits per heavy atom. The molecule has 2 aromatic carbocycles. The number of aliphatic imine (C=N–C) groups is 1. The van der Waals surface area contributed by atoms with Crippen LogP contribution in [0.1, 0.15) is 11.1 Å². The summed E-state index contributed by atoms with van der Waals surface area (Å²) in [5.74, 6) is -0.573. The molecule has 26 heavy (non-hydrogen) atoms. The number of hydrogen-bond donors (Lipinski definition) is 3. The van der Waals surface area contributed by atoms with E-state index in [4.69, 9.17) is 34.8 Å². The first kappa shape index (κ1) is 18.8. The molecule has 0 aliphatic carbocycles. The van der Waals surface area contributed by atoms with Gasteiger partial charge in [0, 0.05) is 24.2 Å². The van der Waals surface area contributed by atoms with Gasteiger partial charge in [0.25, 0.3) is 5.91 Å². The van der Waals surface area contributed by atoms with Crippen molar-refractivity contribution in [2.45, 2.75) is 12.2 Å². The van der Waals surface area contributed by atoms with Crippen LogP contribution in [0.5, 0.6) is 5.75 Å². The Balaban J connectivity index is 1.93. The van der Waals surface area contributed by atoms with Crippen LogP contribution in [0.25, 0.3) is 0 Å². The third-order valence-corrected chi connectivity index (χ3v) is 4.83. The Morgan fingerprint density at radius 3 is 2.35 bits per heavy atom. The number of nitrogens with one attached hydrogen (secondary N) is 2. The fourth-order valence-electron chi connectivity index (χ4n) is 2.66. The normalized spacial score (nSPS) is 18.6. The molecule has 1 unspecified atom stereocenters. The number of halogens is 3. The topological polar surface area (TPSA) is 77.0 Å². The van der Waals surface area contributed by atoms with Gasteiger partial charge in [-0.25, -0.2) is 4.99 Å². The lowest BCUT2D eigenvalue weighted by atomic mass is 9.98. The molecule has 0 saturated carbocycles. The lowest BCUT2D eigenvalue weighted by Crippen LogP contribution is -2.53. The van der Waals surface area contributed by atoms with Crippen molar-refractivity contribution in [3.05, 3.63) is 62.6 Å². The number of nitrogens with zero attached hydrogens (tertiary/aromatic N) is 2. The molecule has 0 radical (unpaired) electrons.